The van der Waals surface area contributed by atoms with Crippen LogP contribution in [0.2, 0.25) is 0 Å². The summed E-state index contributed by atoms with van der Waals surface area (Å²) in [6.07, 6.45) is 3.33. The molecule has 0 radical (unpaired) electrons. The molecule has 0 fully saturated rings. The van der Waals surface area contributed by atoms with Crippen LogP contribution in [0, 0.1) is 5.92 Å². The summed E-state index contributed by atoms with van der Waals surface area (Å²) in [7, 11) is -3.27. The third-order valence-electron chi connectivity index (χ3n) is 4.01. The van der Waals surface area contributed by atoms with Gasteiger partial charge in [-0.2, -0.15) is 4.31 Å². The molecule has 0 N–H and O–H groups in total. The summed E-state index contributed by atoms with van der Waals surface area (Å²) in [5.41, 5.74) is 2.16. The van der Waals surface area contributed by atoms with E-state index in [-0.39, 0.29) is 18.0 Å². The minimum atomic E-state index is -3.27. The summed E-state index contributed by atoms with van der Waals surface area (Å²) in [5.74, 6) is 0.240. The van der Waals surface area contributed by atoms with Crippen LogP contribution in [0.5, 0.6) is 0 Å². The highest BCUT2D eigenvalue weighted by atomic mass is 32.2. The van der Waals surface area contributed by atoms with Crippen LogP contribution in [-0.2, 0) is 21.4 Å². The van der Waals surface area contributed by atoms with Gasteiger partial charge in [0.25, 0.3) is 0 Å². The zero-order valence-electron chi connectivity index (χ0n) is 13.7. The van der Waals surface area contributed by atoms with E-state index in [0.29, 0.717) is 13.2 Å². The first-order chi connectivity index (χ1) is 10.3. The molecule has 0 saturated heterocycles. The Labute approximate surface area is 133 Å². The van der Waals surface area contributed by atoms with Gasteiger partial charge in [-0.3, -0.25) is 0 Å². The summed E-state index contributed by atoms with van der Waals surface area (Å²) in [5, 5.41) is 0. The normalized spacial score (nSPS) is 23.0. The van der Waals surface area contributed by atoms with Gasteiger partial charge in [0.1, 0.15) is 0 Å². The van der Waals surface area contributed by atoms with Crippen LogP contribution in [0.1, 0.15) is 26.3 Å². The molecule has 0 amide bonds. The summed E-state index contributed by atoms with van der Waals surface area (Å²) < 4.78 is 31.7. The summed E-state index contributed by atoms with van der Waals surface area (Å²) in [6.45, 7) is 6.94. The van der Waals surface area contributed by atoms with Crippen molar-refractivity contribution in [3.05, 3.63) is 47.5 Å². The van der Waals surface area contributed by atoms with Crippen molar-refractivity contribution in [3.63, 3.8) is 0 Å². The van der Waals surface area contributed by atoms with Crippen molar-refractivity contribution in [1.82, 2.24) is 4.31 Å². The molecule has 1 heterocycles. The second-order valence-corrected chi connectivity index (χ2v) is 8.14. The number of sulfonamides is 1. The average molecular weight is 323 g/mol. The van der Waals surface area contributed by atoms with Crippen molar-refractivity contribution in [2.45, 2.75) is 39.5 Å². The first-order valence-corrected chi connectivity index (χ1v) is 9.44. The van der Waals surface area contributed by atoms with Gasteiger partial charge in [0.05, 0.1) is 25.5 Å². The van der Waals surface area contributed by atoms with Crippen LogP contribution < -0.4 is 0 Å². The van der Waals surface area contributed by atoms with Gasteiger partial charge in [-0.05, 0) is 18.4 Å². The fraction of sp³-hybridized carbons (Fsp3) is 0.529. The molecular weight excluding hydrogens is 298 g/mol. The zero-order chi connectivity index (χ0) is 16.3. The number of hydrogen-bond acceptors (Lipinski definition) is 3. The van der Waals surface area contributed by atoms with Crippen molar-refractivity contribution in [2.24, 2.45) is 5.92 Å². The van der Waals surface area contributed by atoms with Gasteiger partial charge in [-0.25, -0.2) is 8.42 Å². The minimum absolute atomic E-state index is 0.0830. The number of ether oxygens (including phenoxy) is 1. The molecule has 22 heavy (non-hydrogen) atoms. The van der Waals surface area contributed by atoms with Crippen LogP contribution in [0.15, 0.2) is 42.0 Å². The number of benzene rings is 1. The Morgan fingerprint density at radius 2 is 1.86 bits per heavy atom. The second-order valence-electron chi connectivity index (χ2n) is 6.25. The van der Waals surface area contributed by atoms with Crippen molar-refractivity contribution in [1.29, 1.82) is 0 Å². The molecule has 0 spiro atoms. The first-order valence-electron chi connectivity index (χ1n) is 7.59. The Kier molecular flexibility index (Phi) is 5.42. The van der Waals surface area contributed by atoms with E-state index in [0.717, 1.165) is 11.1 Å². The van der Waals surface area contributed by atoms with E-state index >= 15 is 0 Å². The molecule has 2 atom stereocenters. The molecule has 1 aromatic rings. The Morgan fingerprint density at radius 1 is 1.23 bits per heavy atom. The lowest BCUT2D eigenvalue weighted by Crippen LogP contribution is -2.46. The minimum Gasteiger partial charge on any atom is -0.375 e. The lowest BCUT2D eigenvalue weighted by atomic mass is 10.1. The van der Waals surface area contributed by atoms with Crippen molar-refractivity contribution in [2.75, 3.05) is 12.9 Å². The van der Waals surface area contributed by atoms with Crippen LogP contribution in [0.3, 0.4) is 0 Å². The highest BCUT2D eigenvalue weighted by Crippen LogP contribution is 2.30. The first kappa shape index (κ1) is 17.2. The maximum atomic E-state index is 12.2. The number of hydrogen-bond donors (Lipinski definition) is 0. The third kappa shape index (κ3) is 3.97. The number of rotatable bonds is 6. The molecule has 2 rings (SSSR count). The highest BCUT2D eigenvalue weighted by molar-refractivity contribution is 7.88. The maximum Gasteiger partial charge on any atom is 0.212 e. The lowest BCUT2D eigenvalue weighted by Gasteiger charge is -2.31. The van der Waals surface area contributed by atoms with E-state index in [1.807, 2.05) is 51.1 Å². The topological polar surface area (TPSA) is 46.6 Å². The monoisotopic (exact) mass is 323 g/mol. The van der Waals surface area contributed by atoms with E-state index in [1.54, 1.807) is 4.31 Å². The predicted octanol–water partition coefficient (Wildman–Crippen LogP) is 2.82. The van der Waals surface area contributed by atoms with Gasteiger partial charge in [-0.15, -0.1) is 0 Å². The summed E-state index contributed by atoms with van der Waals surface area (Å²) in [6, 6.07) is 9.62. The largest absolute Gasteiger partial charge is 0.375 e. The SMILES string of the molecule is CC1=C[C@H](C(C)C)N(S(C)(=O)=O)[C@@H]1COCc1ccccc1. The molecule has 1 aliphatic rings. The van der Waals surface area contributed by atoms with Gasteiger partial charge in [0.15, 0.2) is 0 Å². The van der Waals surface area contributed by atoms with Crippen molar-refractivity contribution < 1.29 is 13.2 Å². The van der Waals surface area contributed by atoms with Gasteiger partial charge >= 0.3 is 0 Å². The average Bonchev–Trinajstić information content (AvgIpc) is 2.77. The van der Waals surface area contributed by atoms with E-state index < -0.39 is 10.0 Å². The molecule has 4 nitrogen and oxygen atoms in total. The van der Waals surface area contributed by atoms with Crippen LogP contribution in [-0.4, -0.2) is 37.7 Å². The molecule has 1 aliphatic heterocycles. The number of nitrogens with zero attached hydrogens (tertiary/aromatic N) is 1. The summed E-state index contributed by atoms with van der Waals surface area (Å²) in [4.78, 5) is 0. The fourth-order valence-corrected chi connectivity index (χ4v) is 4.30. The van der Waals surface area contributed by atoms with Crippen LogP contribution >= 0.6 is 0 Å². The Bertz CT molecular complexity index is 623. The Balaban J connectivity index is 2.06. The van der Waals surface area contributed by atoms with Crippen LogP contribution in [0.4, 0.5) is 0 Å². The molecule has 0 bridgehead atoms. The quantitative estimate of drug-likeness (QED) is 0.756. The highest BCUT2D eigenvalue weighted by Gasteiger charge is 2.40. The molecule has 122 valence electrons. The van der Waals surface area contributed by atoms with Gasteiger partial charge < -0.3 is 4.74 Å². The van der Waals surface area contributed by atoms with E-state index in [4.69, 9.17) is 4.74 Å². The van der Waals surface area contributed by atoms with E-state index in [1.165, 1.54) is 6.26 Å². The predicted molar refractivity (Wildman–Crippen MR) is 89.0 cm³/mol. The molecule has 0 aromatic heterocycles. The van der Waals surface area contributed by atoms with E-state index in [9.17, 15) is 8.42 Å². The smallest absolute Gasteiger partial charge is 0.212 e. The standard InChI is InChI=1S/C17H25NO3S/c1-13(2)16-10-14(3)17(18(16)22(4,19)20)12-21-11-15-8-6-5-7-9-15/h5-10,13,16-17H,11-12H2,1-4H3/t16-,17-/m1/s1. The molecular formula is C17H25NO3S. The molecule has 0 saturated carbocycles. The Morgan fingerprint density at radius 3 is 2.41 bits per heavy atom. The third-order valence-corrected chi connectivity index (χ3v) is 5.28. The maximum absolute atomic E-state index is 12.2. The fourth-order valence-electron chi connectivity index (χ4n) is 2.87. The van der Waals surface area contributed by atoms with Gasteiger partial charge in [0, 0.05) is 6.04 Å². The zero-order valence-corrected chi connectivity index (χ0v) is 14.5. The van der Waals surface area contributed by atoms with Gasteiger partial charge in [-0.1, -0.05) is 55.8 Å². The molecule has 1 aromatic carbocycles. The van der Waals surface area contributed by atoms with Gasteiger partial charge in [0.2, 0.25) is 10.0 Å². The molecule has 0 aliphatic carbocycles. The summed E-state index contributed by atoms with van der Waals surface area (Å²) >= 11 is 0. The molecule has 5 heteroatoms. The van der Waals surface area contributed by atoms with Crippen molar-refractivity contribution >= 4 is 10.0 Å². The van der Waals surface area contributed by atoms with Crippen molar-refractivity contribution in [3.8, 4) is 0 Å². The van der Waals surface area contributed by atoms with E-state index in [2.05, 4.69) is 6.08 Å². The molecule has 0 unspecified atom stereocenters. The van der Waals surface area contributed by atoms with Crippen LogP contribution in [0.25, 0.3) is 0 Å². The second kappa shape index (κ2) is 6.94. The lowest BCUT2D eigenvalue weighted by molar-refractivity contribution is 0.0849. The Hall–Kier alpha value is -1.17.